The molecule has 0 heterocycles. The molecule has 0 amide bonds. The van der Waals surface area contributed by atoms with Crippen LogP contribution in [0.1, 0.15) is 52.7 Å². The molecule has 0 bridgehead atoms. The fourth-order valence-electron chi connectivity index (χ4n) is 3.05. The van der Waals surface area contributed by atoms with Crippen LogP contribution in [0.2, 0.25) is 0 Å². The predicted octanol–water partition coefficient (Wildman–Crippen LogP) is 4.51. The summed E-state index contributed by atoms with van der Waals surface area (Å²) in [5.41, 5.74) is 1.85. The van der Waals surface area contributed by atoms with Gasteiger partial charge in [-0.2, -0.15) is 0 Å². The molecule has 26 heavy (non-hydrogen) atoms. The van der Waals surface area contributed by atoms with Crippen molar-refractivity contribution in [3.8, 4) is 11.5 Å². The zero-order valence-electron chi connectivity index (χ0n) is 16.9. The first kappa shape index (κ1) is 20.0. The van der Waals surface area contributed by atoms with E-state index in [4.69, 9.17) is 9.47 Å². The molecule has 1 aliphatic rings. The molecule has 0 spiro atoms. The SMILES string of the molecule is COc1cc(C(C)(C)C)c(OC)cc1C1=CC(=O)C(C(C)(C)C)=CC1=O. The van der Waals surface area contributed by atoms with Crippen LogP contribution in [0.4, 0.5) is 0 Å². The topological polar surface area (TPSA) is 52.6 Å². The lowest BCUT2D eigenvalue weighted by Gasteiger charge is -2.26. The van der Waals surface area contributed by atoms with Crippen LogP contribution in [-0.4, -0.2) is 25.8 Å². The Kier molecular flexibility index (Phi) is 5.18. The molecular weight excluding hydrogens is 328 g/mol. The molecule has 4 nitrogen and oxygen atoms in total. The van der Waals surface area contributed by atoms with Crippen molar-refractivity contribution in [1.82, 2.24) is 0 Å². The van der Waals surface area contributed by atoms with Gasteiger partial charge >= 0.3 is 0 Å². The van der Waals surface area contributed by atoms with E-state index in [9.17, 15) is 9.59 Å². The van der Waals surface area contributed by atoms with Crippen LogP contribution in [0.5, 0.6) is 11.5 Å². The van der Waals surface area contributed by atoms with Gasteiger partial charge in [0.15, 0.2) is 11.6 Å². The highest BCUT2D eigenvalue weighted by Gasteiger charge is 2.31. The first-order valence-corrected chi connectivity index (χ1v) is 8.69. The van der Waals surface area contributed by atoms with Crippen LogP contribution < -0.4 is 9.47 Å². The van der Waals surface area contributed by atoms with E-state index < -0.39 is 0 Å². The number of ketones is 2. The molecule has 1 aliphatic carbocycles. The van der Waals surface area contributed by atoms with Crippen LogP contribution in [-0.2, 0) is 15.0 Å². The molecule has 2 rings (SSSR count). The van der Waals surface area contributed by atoms with Crippen molar-refractivity contribution in [3.63, 3.8) is 0 Å². The molecule has 1 aromatic rings. The molecule has 0 saturated carbocycles. The van der Waals surface area contributed by atoms with Crippen LogP contribution in [0.15, 0.2) is 29.9 Å². The van der Waals surface area contributed by atoms with Gasteiger partial charge in [-0.25, -0.2) is 0 Å². The third kappa shape index (κ3) is 3.74. The standard InChI is InChI=1S/C22H28O4/c1-21(2,3)15-11-17(23)13(9-18(15)24)14-10-20(26-8)16(22(4,5)6)12-19(14)25-7/h9-12H,1-8H3. The molecule has 0 fully saturated rings. The van der Waals surface area contributed by atoms with Gasteiger partial charge in [0.05, 0.1) is 14.2 Å². The Hall–Kier alpha value is -2.36. The minimum Gasteiger partial charge on any atom is -0.496 e. The molecule has 0 radical (unpaired) electrons. The van der Waals surface area contributed by atoms with E-state index in [1.165, 1.54) is 12.2 Å². The third-order valence-corrected chi connectivity index (χ3v) is 4.51. The smallest absolute Gasteiger partial charge is 0.187 e. The molecule has 140 valence electrons. The van der Waals surface area contributed by atoms with Gasteiger partial charge < -0.3 is 9.47 Å². The molecule has 0 saturated heterocycles. The number of methoxy groups -OCH3 is 2. The van der Waals surface area contributed by atoms with Gasteiger partial charge in [-0.1, -0.05) is 41.5 Å². The zero-order chi connectivity index (χ0) is 19.9. The molecule has 0 N–H and O–H groups in total. The second-order valence-corrected chi connectivity index (χ2v) is 8.60. The Labute approximate surface area is 155 Å². The normalized spacial score (nSPS) is 15.5. The molecule has 1 aromatic carbocycles. The summed E-state index contributed by atoms with van der Waals surface area (Å²) >= 11 is 0. The number of carbonyl (C=O) groups is 2. The fourth-order valence-corrected chi connectivity index (χ4v) is 3.05. The van der Waals surface area contributed by atoms with Gasteiger partial charge in [0, 0.05) is 22.3 Å². The van der Waals surface area contributed by atoms with Gasteiger partial charge in [-0.3, -0.25) is 9.59 Å². The van der Waals surface area contributed by atoms with Crippen LogP contribution >= 0.6 is 0 Å². The second kappa shape index (κ2) is 6.75. The van der Waals surface area contributed by atoms with Crippen molar-refractivity contribution in [2.24, 2.45) is 5.41 Å². The van der Waals surface area contributed by atoms with Crippen molar-refractivity contribution in [2.75, 3.05) is 14.2 Å². The number of carbonyl (C=O) groups excluding carboxylic acids is 2. The van der Waals surface area contributed by atoms with Crippen molar-refractivity contribution in [3.05, 3.63) is 41.0 Å². The first-order valence-electron chi connectivity index (χ1n) is 8.69. The molecule has 4 heteroatoms. The van der Waals surface area contributed by atoms with Gasteiger partial charge in [0.25, 0.3) is 0 Å². The highest BCUT2D eigenvalue weighted by Crippen LogP contribution is 2.41. The molecule has 0 aromatic heterocycles. The second-order valence-electron chi connectivity index (χ2n) is 8.60. The molecular formula is C22H28O4. The average Bonchev–Trinajstić information content (AvgIpc) is 2.53. The summed E-state index contributed by atoms with van der Waals surface area (Å²) in [6.45, 7) is 12.0. The summed E-state index contributed by atoms with van der Waals surface area (Å²) in [5.74, 6) is 0.877. The minimum atomic E-state index is -0.382. The molecule has 0 aliphatic heterocycles. The van der Waals surface area contributed by atoms with E-state index >= 15 is 0 Å². The summed E-state index contributed by atoms with van der Waals surface area (Å²) in [4.78, 5) is 25.3. The van der Waals surface area contributed by atoms with Gasteiger partial charge in [0.1, 0.15) is 11.5 Å². The lowest BCUT2D eigenvalue weighted by atomic mass is 9.78. The Morgan fingerprint density at radius 2 is 1.31 bits per heavy atom. The largest absolute Gasteiger partial charge is 0.496 e. The van der Waals surface area contributed by atoms with E-state index in [1.807, 2.05) is 26.8 Å². The third-order valence-electron chi connectivity index (χ3n) is 4.51. The minimum absolute atomic E-state index is 0.145. The zero-order valence-corrected chi connectivity index (χ0v) is 16.9. The lowest BCUT2D eigenvalue weighted by molar-refractivity contribution is -0.114. The van der Waals surface area contributed by atoms with Crippen molar-refractivity contribution in [1.29, 1.82) is 0 Å². The summed E-state index contributed by atoms with van der Waals surface area (Å²) in [5, 5.41) is 0. The summed E-state index contributed by atoms with van der Waals surface area (Å²) in [6, 6.07) is 3.67. The fraction of sp³-hybridized carbons (Fsp3) is 0.455. The van der Waals surface area contributed by atoms with Gasteiger partial charge in [-0.15, -0.1) is 0 Å². The van der Waals surface area contributed by atoms with Crippen LogP contribution in [0.25, 0.3) is 5.57 Å². The van der Waals surface area contributed by atoms with E-state index in [2.05, 4.69) is 20.8 Å². The van der Waals surface area contributed by atoms with Gasteiger partial charge in [-0.05, 0) is 35.1 Å². The Bertz CT molecular complexity index is 812. The molecule has 0 atom stereocenters. The van der Waals surface area contributed by atoms with E-state index in [-0.39, 0.29) is 22.4 Å². The highest BCUT2D eigenvalue weighted by atomic mass is 16.5. The number of allylic oxidation sites excluding steroid dienone is 4. The van der Waals surface area contributed by atoms with E-state index in [0.29, 0.717) is 28.2 Å². The predicted molar refractivity (Wildman–Crippen MR) is 104 cm³/mol. The summed E-state index contributed by atoms with van der Waals surface area (Å²) in [7, 11) is 3.16. The van der Waals surface area contributed by atoms with Crippen LogP contribution in [0.3, 0.4) is 0 Å². The van der Waals surface area contributed by atoms with Crippen molar-refractivity contribution in [2.45, 2.75) is 47.0 Å². The number of benzene rings is 1. The van der Waals surface area contributed by atoms with Gasteiger partial charge in [0.2, 0.25) is 0 Å². The maximum atomic E-state index is 12.8. The number of ether oxygens (including phenoxy) is 2. The monoisotopic (exact) mass is 356 g/mol. The van der Waals surface area contributed by atoms with E-state index in [1.54, 1.807) is 20.3 Å². The Balaban J connectivity index is 2.63. The van der Waals surface area contributed by atoms with Crippen molar-refractivity contribution >= 4 is 17.1 Å². The number of hydrogen-bond acceptors (Lipinski definition) is 4. The summed E-state index contributed by atoms with van der Waals surface area (Å²) in [6.07, 6.45) is 2.86. The first-order chi connectivity index (χ1) is 11.9. The Morgan fingerprint density at radius 3 is 1.77 bits per heavy atom. The number of rotatable bonds is 3. The maximum Gasteiger partial charge on any atom is 0.187 e. The highest BCUT2D eigenvalue weighted by molar-refractivity contribution is 6.35. The lowest BCUT2D eigenvalue weighted by Crippen LogP contribution is -2.22. The summed E-state index contributed by atoms with van der Waals surface area (Å²) < 4.78 is 11.1. The molecule has 0 unspecified atom stereocenters. The van der Waals surface area contributed by atoms with E-state index in [0.717, 1.165) is 5.56 Å². The average molecular weight is 356 g/mol. The maximum absolute atomic E-state index is 12.8. The van der Waals surface area contributed by atoms with Crippen molar-refractivity contribution < 1.29 is 19.1 Å². The Morgan fingerprint density at radius 1 is 0.731 bits per heavy atom. The van der Waals surface area contributed by atoms with Crippen LogP contribution in [0, 0.1) is 5.41 Å². The quantitative estimate of drug-likeness (QED) is 0.748. The number of hydrogen-bond donors (Lipinski definition) is 0.